The van der Waals surface area contributed by atoms with Crippen LogP contribution in [0.2, 0.25) is 5.02 Å². The molecular formula is C27H29ClN2. The molecule has 0 amide bonds. The molecule has 2 aromatic carbocycles. The summed E-state index contributed by atoms with van der Waals surface area (Å²) < 4.78 is 0. The summed E-state index contributed by atoms with van der Waals surface area (Å²) in [5.41, 5.74) is 5.58. The Labute approximate surface area is 185 Å². The molecule has 0 spiro atoms. The number of nitrogens with zero attached hydrogens (tertiary/aromatic N) is 2. The van der Waals surface area contributed by atoms with Crippen LogP contribution >= 0.6 is 11.6 Å². The molecule has 154 valence electrons. The first-order chi connectivity index (χ1) is 14.7. The zero-order valence-corrected chi connectivity index (χ0v) is 18.4. The van der Waals surface area contributed by atoms with E-state index in [0.717, 1.165) is 39.9 Å². The van der Waals surface area contributed by atoms with E-state index in [9.17, 15) is 0 Å². The predicted molar refractivity (Wildman–Crippen MR) is 129 cm³/mol. The van der Waals surface area contributed by atoms with E-state index in [1.807, 2.05) is 30.5 Å². The molecule has 1 heterocycles. The standard InChI is InChI=1S/C27H29ClN2/c1-2-17-30(20-22-5-6-22)18-3-4-21-7-9-24(10-8-21)27-16-13-25(19-29-27)23-11-14-26(28)15-12-23/h3-4,7-16,19,22H,2,5-6,17-18,20H2,1H3/b4-3+. The minimum atomic E-state index is 0.749. The molecule has 0 aliphatic heterocycles. The van der Waals surface area contributed by atoms with Crippen molar-refractivity contribution in [1.82, 2.24) is 9.88 Å². The highest BCUT2D eigenvalue weighted by molar-refractivity contribution is 6.30. The molecule has 1 fully saturated rings. The first-order valence-corrected chi connectivity index (χ1v) is 11.3. The van der Waals surface area contributed by atoms with Gasteiger partial charge in [0.25, 0.3) is 0 Å². The minimum absolute atomic E-state index is 0.749. The summed E-state index contributed by atoms with van der Waals surface area (Å²) in [5.74, 6) is 0.947. The van der Waals surface area contributed by atoms with E-state index >= 15 is 0 Å². The third-order valence-electron chi connectivity index (χ3n) is 5.57. The van der Waals surface area contributed by atoms with E-state index in [1.54, 1.807) is 0 Å². The molecule has 1 aliphatic rings. The van der Waals surface area contributed by atoms with Crippen LogP contribution in [0, 0.1) is 5.92 Å². The highest BCUT2D eigenvalue weighted by Gasteiger charge is 2.23. The molecule has 1 aromatic heterocycles. The zero-order chi connectivity index (χ0) is 20.8. The lowest BCUT2D eigenvalue weighted by Crippen LogP contribution is -2.26. The van der Waals surface area contributed by atoms with Gasteiger partial charge in [0.05, 0.1) is 5.69 Å². The number of hydrogen-bond donors (Lipinski definition) is 0. The average Bonchev–Trinajstić information content (AvgIpc) is 3.59. The summed E-state index contributed by atoms with van der Waals surface area (Å²) in [5, 5.41) is 0.749. The molecule has 1 aliphatic carbocycles. The van der Waals surface area contributed by atoms with E-state index < -0.39 is 0 Å². The molecule has 3 aromatic rings. The zero-order valence-electron chi connectivity index (χ0n) is 17.6. The maximum Gasteiger partial charge on any atom is 0.0702 e. The topological polar surface area (TPSA) is 16.1 Å². The van der Waals surface area contributed by atoms with Crippen molar-refractivity contribution in [2.75, 3.05) is 19.6 Å². The van der Waals surface area contributed by atoms with Crippen molar-refractivity contribution in [1.29, 1.82) is 0 Å². The van der Waals surface area contributed by atoms with Crippen LogP contribution in [0.4, 0.5) is 0 Å². The normalized spacial score (nSPS) is 14.0. The number of pyridine rings is 1. The molecular weight excluding hydrogens is 388 g/mol. The van der Waals surface area contributed by atoms with E-state index in [1.165, 1.54) is 37.9 Å². The summed E-state index contributed by atoms with van der Waals surface area (Å²) in [6.45, 7) is 5.75. The van der Waals surface area contributed by atoms with Gasteiger partial charge < -0.3 is 0 Å². The highest BCUT2D eigenvalue weighted by atomic mass is 35.5. The van der Waals surface area contributed by atoms with E-state index in [2.05, 4.69) is 65.4 Å². The molecule has 0 bridgehead atoms. The molecule has 0 saturated heterocycles. The van der Waals surface area contributed by atoms with Gasteiger partial charge in [-0.15, -0.1) is 0 Å². The Morgan fingerprint density at radius 2 is 1.63 bits per heavy atom. The van der Waals surface area contributed by atoms with Crippen LogP contribution in [0.25, 0.3) is 28.5 Å². The maximum atomic E-state index is 5.98. The van der Waals surface area contributed by atoms with Gasteiger partial charge in [0.15, 0.2) is 0 Å². The summed E-state index contributed by atoms with van der Waals surface area (Å²) in [6.07, 6.45) is 10.5. The number of aromatic nitrogens is 1. The van der Waals surface area contributed by atoms with Crippen molar-refractivity contribution in [2.24, 2.45) is 5.92 Å². The fourth-order valence-electron chi connectivity index (χ4n) is 3.72. The van der Waals surface area contributed by atoms with Gasteiger partial charge in [0.1, 0.15) is 0 Å². The van der Waals surface area contributed by atoms with Gasteiger partial charge in [0.2, 0.25) is 0 Å². The van der Waals surface area contributed by atoms with Crippen LogP contribution in [0.3, 0.4) is 0 Å². The number of halogens is 1. The summed E-state index contributed by atoms with van der Waals surface area (Å²) in [7, 11) is 0. The van der Waals surface area contributed by atoms with Crippen molar-refractivity contribution in [3.05, 3.63) is 83.5 Å². The summed E-state index contributed by atoms with van der Waals surface area (Å²) in [6, 6.07) is 20.7. The average molecular weight is 417 g/mol. The van der Waals surface area contributed by atoms with E-state index in [-0.39, 0.29) is 0 Å². The molecule has 0 N–H and O–H groups in total. The highest BCUT2D eigenvalue weighted by Crippen LogP contribution is 2.29. The van der Waals surface area contributed by atoms with Crippen molar-refractivity contribution in [3.8, 4) is 22.4 Å². The van der Waals surface area contributed by atoms with Crippen molar-refractivity contribution >= 4 is 17.7 Å². The summed E-state index contributed by atoms with van der Waals surface area (Å²) in [4.78, 5) is 7.24. The fourth-order valence-corrected chi connectivity index (χ4v) is 3.85. The lowest BCUT2D eigenvalue weighted by Gasteiger charge is -2.19. The van der Waals surface area contributed by atoms with Crippen molar-refractivity contribution in [2.45, 2.75) is 26.2 Å². The van der Waals surface area contributed by atoms with Gasteiger partial charge in [-0.05, 0) is 61.1 Å². The van der Waals surface area contributed by atoms with Crippen molar-refractivity contribution < 1.29 is 0 Å². The fraction of sp³-hybridized carbons (Fsp3) is 0.296. The van der Waals surface area contributed by atoms with Crippen LogP contribution < -0.4 is 0 Å². The van der Waals surface area contributed by atoms with Crippen molar-refractivity contribution in [3.63, 3.8) is 0 Å². The van der Waals surface area contributed by atoms with Gasteiger partial charge in [-0.3, -0.25) is 9.88 Å². The monoisotopic (exact) mass is 416 g/mol. The SMILES string of the molecule is CCCN(C/C=C/c1ccc(-c2ccc(-c3ccc(Cl)cc3)cn2)cc1)CC1CC1. The first-order valence-electron chi connectivity index (χ1n) is 10.9. The Kier molecular flexibility index (Phi) is 6.99. The molecule has 30 heavy (non-hydrogen) atoms. The Bertz CT molecular complexity index is 955. The molecule has 0 radical (unpaired) electrons. The third-order valence-corrected chi connectivity index (χ3v) is 5.83. The van der Waals surface area contributed by atoms with Crippen LogP contribution in [-0.2, 0) is 0 Å². The Balaban J connectivity index is 1.37. The van der Waals surface area contributed by atoms with Gasteiger partial charge >= 0.3 is 0 Å². The minimum Gasteiger partial charge on any atom is -0.299 e. The second-order valence-corrected chi connectivity index (χ2v) is 8.60. The van der Waals surface area contributed by atoms with Gasteiger partial charge in [-0.1, -0.05) is 73.1 Å². The Morgan fingerprint density at radius 1 is 0.933 bits per heavy atom. The predicted octanol–water partition coefficient (Wildman–Crippen LogP) is 7.20. The Hall–Kier alpha value is -2.42. The van der Waals surface area contributed by atoms with Crippen LogP contribution in [0.5, 0.6) is 0 Å². The second-order valence-electron chi connectivity index (χ2n) is 8.17. The first kappa shape index (κ1) is 20.8. The van der Waals surface area contributed by atoms with Gasteiger partial charge in [-0.25, -0.2) is 0 Å². The Morgan fingerprint density at radius 3 is 2.27 bits per heavy atom. The number of rotatable bonds is 9. The quantitative estimate of drug-likeness (QED) is 0.366. The number of hydrogen-bond acceptors (Lipinski definition) is 2. The van der Waals surface area contributed by atoms with Crippen LogP contribution in [0.15, 0.2) is 72.9 Å². The molecule has 1 saturated carbocycles. The van der Waals surface area contributed by atoms with Crippen LogP contribution in [0.1, 0.15) is 31.7 Å². The van der Waals surface area contributed by atoms with Gasteiger partial charge in [-0.2, -0.15) is 0 Å². The van der Waals surface area contributed by atoms with E-state index in [0.29, 0.717) is 0 Å². The molecule has 4 rings (SSSR count). The number of benzene rings is 2. The molecule has 3 heteroatoms. The van der Waals surface area contributed by atoms with Gasteiger partial charge in [0, 0.05) is 35.4 Å². The summed E-state index contributed by atoms with van der Waals surface area (Å²) >= 11 is 5.98. The molecule has 0 unspecified atom stereocenters. The maximum absolute atomic E-state index is 5.98. The lowest BCUT2D eigenvalue weighted by atomic mass is 10.0. The third kappa shape index (κ3) is 5.81. The van der Waals surface area contributed by atoms with Crippen LogP contribution in [-0.4, -0.2) is 29.5 Å². The lowest BCUT2D eigenvalue weighted by molar-refractivity contribution is 0.291. The molecule has 2 nitrogen and oxygen atoms in total. The van der Waals surface area contributed by atoms with E-state index in [4.69, 9.17) is 11.6 Å². The smallest absolute Gasteiger partial charge is 0.0702 e. The molecule has 0 atom stereocenters. The largest absolute Gasteiger partial charge is 0.299 e. The second kappa shape index (κ2) is 10.1.